The standard InChI is InChI=1S/C15H23NO4/c1-5-11(6-2)20-13-8-10(15(18)19-4)7-12-14(13)16(12)9(3)17/h7,11-14H,5-6,8H2,1-4H3/t12-,13-,14-,16?/m1/s1. The second kappa shape index (κ2) is 5.95. The van der Waals surface area contributed by atoms with Crippen molar-refractivity contribution in [1.82, 2.24) is 4.90 Å². The summed E-state index contributed by atoms with van der Waals surface area (Å²) in [4.78, 5) is 25.1. The van der Waals surface area contributed by atoms with Gasteiger partial charge in [0.05, 0.1) is 31.4 Å². The Morgan fingerprint density at radius 2 is 2.05 bits per heavy atom. The third-order valence-corrected chi connectivity index (χ3v) is 4.17. The lowest BCUT2D eigenvalue weighted by molar-refractivity contribution is -0.137. The summed E-state index contributed by atoms with van der Waals surface area (Å²) < 4.78 is 10.9. The molecular formula is C15H23NO4. The lowest BCUT2D eigenvalue weighted by Gasteiger charge is -2.25. The zero-order valence-corrected chi connectivity index (χ0v) is 12.6. The molecule has 0 radical (unpaired) electrons. The van der Waals surface area contributed by atoms with Crippen LogP contribution in [-0.4, -0.2) is 48.2 Å². The van der Waals surface area contributed by atoms with Crippen LogP contribution < -0.4 is 0 Å². The summed E-state index contributed by atoms with van der Waals surface area (Å²) in [6, 6.07) is 0.0798. The molecule has 2 aliphatic rings. The molecule has 1 fully saturated rings. The first-order valence-electron chi connectivity index (χ1n) is 7.26. The van der Waals surface area contributed by atoms with E-state index in [1.54, 1.807) is 11.8 Å². The zero-order valence-electron chi connectivity index (χ0n) is 12.6. The summed E-state index contributed by atoms with van der Waals surface area (Å²) in [5.41, 5.74) is 0.619. The molecule has 112 valence electrons. The highest BCUT2D eigenvalue weighted by Crippen LogP contribution is 2.41. The van der Waals surface area contributed by atoms with Crippen molar-refractivity contribution in [1.29, 1.82) is 0 Å². The summed E-state index contributed by atoms with van der Waals surface area (Å²) in [7, 11) is 1.38. The summed E-state index contributed by atoms with van der Waals surface area (Å²) in [5, 5.41) is 0. The van der Waals surface area contributed by atoms with Crippen molar-refractivity contribution in [2.24, 2.45) is 0 Å². The fourth-order valence-electron chi connectivity index (χ4n) is 3.02. The van der Waals surface area contributed by atoms with Crippen LogP contribution in [0, 0.1) is 0 Å². The largest absolute Gasteiger partial charge is 0.466 e. The second-order valence-corrected chi connectivity index (χ2v) is 5.41. The SMILES string of the molecule is CCC(CC)O[C@@H]1CC(C(=O)OC)=C[C@@H]2[C@H]1N2C(C)=O. The van der Waals surface area contributed by atoms with Gasteiger partial charge in [0.2, 0.25) is 5.91 Å². The van der Waals surface area contributed by atoms with Crippen LogP contribution in [0.15, 0.2) is 11.6 Å². The minimum absolute atomic E-state index is 0.00490. The van der Waals surface area contributed by atoms with Crippen molar-refractivity contribution in [2.75, 3.05) is 7.11 Å². The maximum Gasteiger partial charge on any atom is 0.333 e. The van der Waals surface area contributed by atoms with Gasteiger partial charge < -0.3 is 14.4 Å². The predicted molar refractivity (Wildman–Crippen MR) is 74.1 cm³/mol. The van der Waals surface area contributed by atoms with Crippen LogP contribution in [0.3, 0.4) is 0 Å². The van der Waals surface area contributed by atoms with E-state index < -0.39 is 0 Å². The van der Waals surface area contributed by atoms with Gasteiger partial charge in [0.25, 0.3) is 0 Å². The molecule has 2 rings (SSSR count). The first kappa shape index (κ1) is 15.0. The highest BCUT2D eigenvalue weighted by atomic mass is 16.5. The number of carbonyl (C=O) groups is 2. The average Bonchev–Trinajstić information content (AvgIpc) is 3.18. The predicted octanol–water partition coefficient (Wildman–Crippen LogP) is 1.66. The third kappa shape index (κ3) is 2.73. The van der Waals surface area contributed by atoms with E-state index in [1.165, 1.54) is 7.11 Å². The van der Waals surface area contributed by atoms with Gasteiger partial charge in [0, 0.05) is 18.9 Å². The van der Waals surface area contributed by atoms with Gasteiger partial charge in [-0.2, -0.15) is 0 Å². The highest BCUT2D eigenvalue weighted by molar-refractivity contribution is 5.90. The van der Waals surface area contributed by atoms with Crippen LogP contribution in [-0.2, 0) is 19.1 Å². The molecule has 1 amide bonds. The van der Waals surface area contributed by atoms with E-state index in [4.69, 9.17) is 9.47 Å². The second-order valence-electron chi connectivity index (χ2n) is 5.41. The van der Waals surface area contributed by atoms with Gasteiger partial charge in [0.15, 0.2) is 0 Å². The van der Waals surface area contributed by atoms with E-state index in [2.05, 4.69) is 13.8 Å². The Morgan fingerprint density at radius 1 is 1.40 bits per heavy atom. The minimum Gasteiger partial charge on any atom is -0.466 e. The molecule has 0 aromatic heterocycles. The summed E-state index contributed by atoms with van der Waals surface area (Å²) in [6.07, 6.45) is 4.31. The van der Waals surface area contributed by atoms with E-state index in [-0.39, 0.29) is 36.2 Å². The fourth-order valence-corrected chi connectivity index (χ4v) is 3.02. The monoisotopic (exact) mass is 281 g/mol. The van der Waals surface area contributed by atoms with E-state index in [0.717, 1.165) is 12.8 Å². The molecule has 1 heterocycles. The number of rotatable bonds is 5. The molecular weight excluding hydrogens is 258 g/mol. The molecule has 5 heteroatoms. The van der Waals surface area contributed by atoms with Gasteiger partial charge >= 0.3 is 5.97 Å². The number of carbonyl (C=O) groups excluding carboxylic acids is 2. The average molecular weight is 281 g/mol. The van der Waals surface area contributed by atoms with Crippen molar-refractivity contribution in [3.05, 3.63) is 11.6 Å². The van der Waals surface area contributed by atoms with E-state index in [0.29, 0.717) is 12.0 Å². The van der Waals surface area contributed by atoms with Crippen molar-refractivity contribution in [3.63, 3.8) is 0 Å². The smallest absolute Gasteiger partial charge is 0.333 e. The molecule has 1 aliphatic heterocycles. The first-order chi connectivity index (χ1) is 9.53. The number of methoxy groups -OCH3 is 1. The molecule has 20 heavy (non-hydrogen) atoms. The van der Waals surface area contributed by atoms with Gasteiger partial charge in [0.1, 0.15) is 0 Å². The van der Waals surface area contributed by atoms with E-state index in [1.807, 2.05) is 6.08 Å². The molecule has 0 unspecified atom stereocenters. The highest BCUT2D eigenvalue weighted by Gasteiger charge is 2.56. The zero-order chi connectivity index (χ0) is 14.9. The number of nitrogens with zero attached hydrogens (tertiary/aromatic N) is 1. The molecule has 0 saturated carbocycles. The minimum atomic E-state index is -0.322. The van der Waals surface area contributed by atoms with Gasteiger partial charge in [-0.1, -0.05) is 13.8 Å². The van der Waals surface area contributed by atoms with Crippen molar-refractivity contribution in [2.45, 2.75) is 64.3 Å². The Kier molecular flexibility index (Phi) is 4.48. The van der Waals surface area contributed by atoms with Crippen LogP contribution in [0.2, 0.25) is 0 Å². The molecule has 5 nitrogen and oxygen atoms in total. The summed E-state index contributed by atoms with van der Waals surface area (Å²) in [6.45, 7) is 5.72. The van der Waals surface area contributed by atoms with Crippen molar-refractivity contribution >= 4 is 11.9 Å². The Balaban J connectivity index is 2.14. The number of esters is 1. The van der Waals surface area contributed by atoms with Crippen LogP contribution >= 0.6 is 0 Å². The lowest BCUT2D eigenvalue weighted by atomic mass is 9.96. The fraction of sp³-hybridized carbons (Fsp3) is 0.733. The number of fused-ring (bicyclic) bond motifs is 1. The third-order valence-electron chi connectivity index (χ3n) is 4.17. The van der Waals surface area contributed by atoms with Crippen LogP contribution in [0.1, 0.15) is 40.0 Å². The van der Waals surface area contributed by atoms with Crippen molar-refractivity contribution in [3.8, 4) is 0 Å². The molecule has 0 aromatic rings. The van der Waals surface area contributed by atoms with Crippen molar-refractivity contribution < 1.29 is 19.1 Å². The molecule has 0 spiro atoms. The molecule has 1 saturated heterocycles. The molecule has 1 aliphatic carbocycles. The number of hydrogen-bond donors (Lipinski definition) is 0. The topological polar surface area (TPSA) is 55.6 Å². The number of amides is 1. The first-order valence-corrected chi connectivity index (χ1v) is 7.26. The quantitative estimate of drug-likeness (QED) is 0.568. The Hall–Kier alpha value is -1.36. The van der Waals surface area contributed by atoms with Gasteiger partial charge in [-0.3, -0.25) is 4.79 Å². The van der Waals surface area contributed by atoms with Gasteiger partial charge in [-0.25, -0.2) is 4.79 Å². The lowest BCUT2D eigenvalue weighted by Crippen LogP contribution is -2.32. The Labute approximate surface area is 119 Å². The Morgan fingerprint density at radius 3 is 2.55 bits per heavy atom. The summed E-state index contributed by atoms with van der Waals surface area (Å²) in [5.74, 6) is -0.294. The number of hydrogen-bond acceptors (Lipinski definition) is 4. The van der Waals surface area contributed by atoms with Crippen LogP contribution in [0.25, 0.3) is 0 Å². The van der Waals surface area contributed by atoms with E-state index in [9.17, 15) is 9.59 Å². The van der Waals surface area contributed by atoms with Crippen LogP contribution in [0.5, 0.6) is 0 Å². The molecule has 0 bridgehead atoms. The van der Waals surface area contributed by atoms with E-state index >= 15 is 0 Å². The molecule has 0 N–H and O–H groups in total. The van der Waals surface area contributed by atoms with Gasteiger partial charge in [-0.15, -0.1) is 0 Å². The maximum absolute atomic E-state index is 11.7. The normalized spacial score (nSPS) is 27.9. The molecule has 3 atom stereocenters. The maximum atomic E-state index is 11.7. The molecule has 0 aromatic carbocycles. The van der Waals surface area contributed by atoms with Gasteiger partial charge in [-0.05, 0) is 18.9 Å². The number of ether oxygens (including phenoxy) is 2. The van der Waals surface area contributed by atoms with Crippen LogP contribution in [0.4, 0.5) is 0 Å². The Bertz CT molecular complexity index is 428. The summed E-state index contributed by atoms with van der Waals surface area (Å²) >= 11 is 0.